The van der Waals surface area contributed by atoms with Gasteiger partial charge in [0.2, 0.25) is 0 Å². The Balaban J connectivity index is 3.03. The van der Waals surface area contributed by atoms with E-state index >= 15 is 0 Å². The second-order valence-electron chi connectivity index (χ2n) is 3.49. The van der Waals surface area contributed by atoms with Crippen molar-refractivity contribution in [2.75, 3.05) is 11.9 Å². The van der Waals surface area contributed by atoms with Gasteiger partial charge < -0.3 is 9.84 Å². The zero-order valence-corrected chi connectivity index (χ0v) is 11.3. The Labute approximate surface area is 113 Å². The van der Waals surface area contributed by atoms with E-state index in [0.29, 0.717) is 4.47 Å². The first-order chi connectivity index (χ1) is 8.45. The first kappa shape index (κ1) is 14.2. The molecule has 0 saturated heterocycles. The summed E-state index contributed by atoms with van der Waals surface area (Å²) in [7, 11) is 0. The molecule has 0 aliphatic rings. The van der Waals surface area contributed by atoms with Crippen LogP contribution in [0, 0.1) is 6.92 Å². The molecule has 0 aromatic heterocycles. The van der Waals surface area contributed by atoms with Crippen LogP contribution in [0.3, 0.4) is 0 Å². The molecule has 96 valence electrons. The second kappa shape index (κ2) is 6.20. The molecule has 0 spiro atoms. The number of carbonyl (C=O) groups is 2. The van der Waals surface area contributed by atoms with Crippen LogP contribution in [-0.2, 0) is 4.74 Å². The summed E-state index contributed by atoms with van der Waals surface area (Å²) in [5.74, 6) is -1.13. The number of amides is 1. The third-order valence-corrected chi connectivity index (χ3v) is 2.65. The van der Waals surface area contributed by atoms with E-state index in [1.54, 1.807) is 13.0 Å². The van der Waals surface area contributed by atoms with Gasteiger partial charge in [-0.2, -0.15) is 0 Å². The monoisotopic (exact) mass is 313 g/mol. The summed E-state index contributed by atoms with van der Waals surface area (Å²) < 4.78 is 5.22. The van der Waals surface area contributed by atoms with E-state index in [4.69, 9.17) is 9.84 Å². The second-order valence-corrected chi connectivity index (χ2v) is 4.34. The normalized spacial score (nSPS) is 9.67. The Hall–Kier alpha value is -1.82. The highest BCUT2D eigenvalue weighted by Crippen LogP contribution is 2.28. The number of carboxylic acids is 1. The van der Waals surface area contributed by atoms with Crippen molar-refractivity contribution in [3.05, 3.63) is 40.4 Å². The van der Waals surface area contributed by atoms with E-state index in [1.807, 2.05) is 0 Å². The van der Waals surface area contributed by atoms with Crippen molar-refractivity contribution in [2.24, 2.45) is 0 Å². The predicted molar refractivity (Wildman–Crippen MR) is 71.0 cm³/mol. The molecule has 0 fully saturated rings. The Morgan fingerprint density at radius 2 is 2.22 bits per heavy atom. The van der Waals surface area contributed by atoms with Crippen LogP contribution < -0.4 is 5.32 Å². The van der Waals surface area contributed by atoms with Crippen LogP contribution in [0.5, 0.6) is 0 Å². The summed E-state index contributed by atoms with van der Waals surface area (Å²) >= 11 is 3.21. The van der Waals surface area contributed by atoms with Crippen LogP contribution >= 0.6 is 15.9 Å². The minimum Gasteiger partial charge on any atom is -0.478 e. The van der Waals surface area contributed by atoms with E-state index in [-0.39, 0.29) is 17.9 Å². The molecule has 0 aliphatic heterocycles. The molecule has 5 nitrogen and oxygen atoms in total. The lowest BCUT2D eigenvalue weighted by molar-refractivity contribution is 0.0698. The summed E-state index contributed by atoms with van der Waals surface area (Å²) in [6.45, 7) is 5.22. The molecular weight excluding hydrogens is 302 g/mol. The molecule has 0 unspecified atom stereocenters. The molecule has 6 heteroatoms. The van der Waals surface area contributed by atoms with Crippen molar-refractivity contribution in [3.8, 4) is 0 Å². The van der Waals surface area contributed by atoms with Crippen molar-refractivity contribution in [1.82, 2.24) is 0 Å². The molecule has 0 heterocycles. The zero-order chi connectivity index (χ0) is 13.7. The standard InChI is InChI=1S/C12H12BrNO4/c1-3-4-18-12(17)14-10-8(11(15)16)5-7(2)6-9(10)13/h3,5-6H,1,4H2,2H3,(H,14,17)(H,15,16). The van der Waals surface area contributed by atoms with Crippen LogP contribution in [0.15, 0.2) is 29.3 Å². The number of rotatable bonds is 4. The highest BCUT2D eigenvalue weighted by Gasteiger charge is 2.16. The number of carboxylic acid groups (broad SMARTS) is 1. The number of ether oxygens (including phenoxy) is 1. The number of nitrogens with one attached hydrogen (secondary N) is 1. The van der Waals surface area contributed by atoms with Gasteiger partial charge in [0.25, 0.3) is 0 Å². The molecule has 1 aromatic carbocycles. The quantitative estimate of drug-likeness (QED) is 0.837. The number of anilines is 1. The van der Waals surface area contributed by atoms with Crippen LogP contribution in [-0.4, -0.2) is 23.8 Å². The number of carbonyl (C=O) groups excluding carboxylic acids is 1. The topological polar surface area (TPSA) is 75.6 Å². The minimum absolute atomic E-state index is 0.00238. The molecule has 2 N–H and O–H groups in total. The molecule has 0 saturated carbocycles. The Bertz CT molecular complexity index is 499. The molecule has 0 aliphatic carbocycles. The van der Waals surface area contributed by atoms with Gasteiger partial charge in [-0.1, -0.05) is 12.7 Å². The van der Waals surface area contributed by atoms with E-state index in [2.05, 4.69) is 27.8 Å². The highest BCUT2D eigenvalue weighted by atomic mass is 79.9. The smallest absolute Gasteiger partial charge is 0.411 e. The molecular formula is C12H12BrNO4. The third-order valence-electron chi connectivity index (χ3n) is 2.02. The van der Waals surface area contributed by atoms with Crippen molar-refractivity contribution in [2.45, 2.75) is 6.92 Å². The minimum atomic E-state index is -1.13. The number of hydrogen-bond acceptors (Lipinski definition) is 3. The van der Waals surface area contributed by atoms with Gasteiger partial charge in [0, 0.05) is 4.47 Å². The third kappa shape index (κ3) is 3.59. The zero-order valence-electron chi connectivity index (χ0n) is 9.70. The SMILES string of the molecule is C=CCOC(=O)Nc1c(Br)cc(C)cc1C(=O)O. The molecule has 0 radical (unpaired) electrons. The van der Waals surface area contributed by atoms with Gasteiger partial charge in [-0.25, -0.2) is 9.59 Å². The number of halogens is 1. The highest BCUT2D eigenvalue weighted by molar-refractivity contribution is 9.10. The fourth-order valence-electron chi connectivity index (χ4n) is 1.31. The van der Waals surface area contributed by atoms with Crippen LogP contribution in [0.1, 0.15) is 15.9 Å². The first-order valence-electron chi connectivity index (χ1n) is 5.03. The number of aryl methyl sites for hydroxylation is 1. The van der Waals surface area contributed by atoms with E-state index in [1.165, 1.54) is 12.1 Å². The van der Waals surface area contributed by atoms with Crippen molar-refractivity contribution >= 4 is 33.7 Å². The molecule has 1 rings (SSSR count). The largest absolute Gasteiger partial charge is 0.478 e. The number of hydrogen-bond donors (Lipinski definition) is 2. The Morgan fingerprint density at radius 3 is 2.78 bits per heavy atom. The lowest BCUT2D eigenvalue weighted by Gasteiger charge is -2.11. The van der Waals surface area contributed by atoms with Gasteiger partial charge in [-0.05, 0) is 40.5 Å². The van der Waals surface area contributed by atoms with Crippen LogP contribution in [0.2, 0.25) is 0 Å². The summed E-state index contributed by atoms with van der Waals surface area (Å²) in [6.07, 6.45) is 0.684. The van der Waals surface area contributed by atoms with Crippen molar-refractivity contribution in [3.63, 3.8) is 0 Å². The fraction of sp³-hybridized carbons (Fsp3) is 0.167. The van der Waals surface area contributed by atoms with Gasteiger partial charge in [0.15, 0.2) is 0 Å². The molecule has 1 amide bonds. The van der Waals surface area contributed by atoms with E-state index in [0.717, 1.165) is 5.56 Å². The number of benzene rings is 1. The summed E-state index contributed by atoms with van der Waals surface area (Å²) in [5, 5.41) is 11.5. The maximum Gasteiger partial charge on any atom is 0.411 e. The van der Waals surface area contributed by atoms with Crippen LogP contribution in [0.4, 0.5) is 10.5 Å². The fourth-order valence-corrected chi connectivity index (χ4v) is 1.98. The van der Waals surface area contributed by atoms with Gasteiger partial charge in [0.1, 0.15) is 6.61 Å². The molecule has 0 bridgehead atoms. The average Bonchev–Trinajstić information content (AvgIpc) is 2.29. The molecule has 0 atom stereocenters. The maximum absolute atomic E-state index is 11.4. The Kier molecular flexibility index (Phi) is 4.91. The first-order valence-corrected chi connectivity index (χ1v) is 5.83. The van der Waals surface area contributed by atoms with Gasteiger partial charge in [-0.15, -0.1) is 0 Å². The van der Waals surface area contributed by atoms with Crippen molar-refractivity contribution < 1.29 is 19.4 Å². The summed E-state index contributed by atoms with van der Waals surface area (Å²) in [4.78, 5) is 22.5. The summed E-state index contributed by atoms with van der Waals surface area (Å²) in [5.41, 5.74) is 0.934. The molecule has 18 heavy (non-hydrogen) atoms. The maximum atomic E-state index is 11.4. The van der Waals surface area contributed by atoms with E-state index in [9.17, 15) is 9.59 Å². The predicted octanol–water partition coefficient (Wildman–Crippen LogP) is 3.19. The summed E-state index contributed by atoms with van der Waals surface area (Å²) in [6, 6.07) is 3.17. The van der Waals surface area contributed by atoms with E-state index < -0.39 is 12.1 Å². The van der Waals surface area contributed by atoms with Gasteiger partial charge >= 0.3 is 12.1 Å². The van der Waals surface area contributed by atoms with Gasteiger partial charge in [0.05, 0.1) is 11.3 Å². The lowest BCUT2D eigenvalue weighted by Crippen LogP contribution is -2.16. The Morgan fingerprint density at radius 1 is 1.56 bits per heavy atom. The van der Waals surface area contributed by atoms with Crippen molar-refractivity contribution in [1.29, 1.82) is 0 Å². The average molecular weight is 314 g/mol. The molecule has 1 aromatic rings. The lowest BCUT2D eigenvalue weighted by atomic mass is 10.1. The van der Waals surface area contributed by atoms with Crippen LogP contribution in [0.25, 0.3) is 0 Å². The number of aromatic carboxylic acids is 1. The van der Waals surface area contributed by atoms with Gasteiger partial charge in [-0.3, -0.25) is 5.32 Å².